The summed E-state index contributed by atoms with van der Waals surface area (Å²) in [7, 11) is 0. The average Bonchev–Trinajstić information content (AvgIpc) is 1.96. The van der Waals surface area contributed by atoms with E-state index in [1.54, 1.807) is 0 Å². The molecule has 0 bridgehead atoms. The SMILES string of the molecule is CBr.[H-].[H-].[H-].[Li+].[Mg+2].c1ccccc1. The van der Waals surface area contributed by atoms with Crippen LogP contribution in [0.3, 0.4) is 0 Å². The maximum atomic E-state index is 2.94. The molecule has 0 atom stereocenters. The van der Waals surface area contributed by atoms with E-state index in [9.17, 15) is 0 Å². The maximum Gasteiger partial charge on any atom is 2.00 e. The predicted molar refractivity (Wildman–Crippen MR) is 50.4 cm³/mol. The molecule has 0 unspecified atom stereocenters. The Kier molecular flexibility index (Phi) is 28.6. The van der Waals surface area contributed by atoms with E-state index in [2.05, 4.69) is 15.9 Å². The fourth-order valence-corrected chi connectivity index (χ4v) is 0.385. The molecule has 10 heavy (non-hydrogen) atoms. The van der Waals surface area contributed by atoms with E-state index in [1.807, 2.05) is 42.2 Å². The minimum Gasteiger partial charge on any atom is -1.00 e. The van der Waals surface area contributed by atoms with Crippen molar-refractivity contribution in [3.63, 3.8) is 0 Å². The van der Waals surface area contributed by atoms with Crippen molar-refractivity contribution < 1.29 is 23.1 Å². The molecule has 0 heterocycles. The second-order valence-electron chi connectivity index (χ2n) is 1.15. The normalized spacial score (nSPS) is 5.40. The van der Waals surface area contributed by atoms with Crippen LogP contribution in [0.25, 0.3) is 0 Å². The summed E-state index contributed by atoms with van der Waals surface area (Å²) in [5.74, 6) is 1.81. The predicted octanol–water partition coefficient (Wildman–Crippen LogP) is -0.342. The van der Waals surface area contributed by atoms with E-state index in [1.165, 1.54) is 0 Å². The zero-order chi connectivity index (χ0) is 6.24. The number of rotatable bonds is 0. The number of benzene rings is 1. The zero-order valence-electron chi connectivity index (χ0n) is 9.55. The van der Waals surface area contributed by atoms with Crippen LogP contribution in [0.4, 0.5) is 0 Å². The van der Waals surface area contributed by atoms with Gasteiger partial charge in [0.2, 0.25) is 0 Å². The van der Waals surface area contributed by atoms with Gasteiger partial charge in [0.1, 0.15) is 0 Å². The minimum absolute atomic E-state index is 0. The summed E-state index contributed by atoms with van der Waals surface area (Å²) in [4.78, 5) is 0. The van der Waals surface area contributed by atoms with Gasteiger partial charge in [-0.1, -0.05) is 52.3 Å². The molecule has 3 heteroatoms. The number of halogens is 1. The van der Waals surface area contributed by atoms with Crippen LogP contribution in [-0.2, 0) is 0 Å². The number of alkyl halides is 1. The first-order chi connectivity index (χ1) is 4.00. The third-order valence-electron chi connectivity index (χ3n) is 0.667. The molecule has 0 N–H and O–H groups in total. The van der Waals surface area contributed by atoms with Crippen molar-refractivity contribution in [1.29, 1.82) is 0 Å². The molecule has 0 fully saturated rings. The summed E-state index contributed by atoms with van der Waals surface area (Å²) in [6.45, 7) is 0. The van der Waals surface area contributed by atoms with E-state index in [-0.39, 0.29) is 46.2 Å². The summed E-state index contributed by atoms with van der Waals surface area (Å²) in [6, 6.07) is 12.0. The fourth-order valence-electron chi connectivity index (χ4n) is 0.385. The molecule has 0 saturated carbocycles. The summed E-state index contributed by atoms with van der Waals surface area (Å²) < 4.78 is 0. The molecular formula is C7H12BrLiMg. The van der Waals surface area contributed by atoms with E-state index in [4.69, 9.17) is 0 Å². The van der Waals surface area contributed by atoms with Gasteiger partial charge in [-0.2, -0.15) is 0 Å². The summed E-state index contributed by atoms with van der Waals surface area (Å²) >= 11 is 2.94. The van der Waals surface area contributed by atoms with Crippen molar-refractivity contribution in [3.05, 3.63) is 36.4 Å². The molecule has 0 spiro atoms. The molecule has 0 aliphatic rings. The van der Waals surface area contributed by atoms with Gasteiger partial charge in [-0.05, 0) is 5.83 Å². The van der Waals surface area contributed by atoms with Crippen LogP contribution in [0, 0.1) is 0 Å². The summed E-state index contributed by atoms with van der Waals surface area (Å²) in [5.41, 5.74) is 0. The van der Waals surface area contributed by atoms with Crippen LogP contribution in [0.5, 0.6) is 0 Å². The molecule has 0 aliphatic carbocycles. The molecule has 1 aromatic rings. The van der Waals surface area contributed by atoms with Gasteiger partial charge in [-0.25, -0.2) is 0 Å². The molecule has 0 saturated heterocycles. The fraction of sp³-hybridized carbons (Fsp3) is 0.143. The summed E-state index contributed by atoms with van der Waals surface area (Å²) in [5, 5.41) is 0. The molecule has 0 radical (unpaired) electrons. The topological polar surface area (TPSA) is 0 Å². The monoisotopic (exact) mass is 206 g/mol. The van der Waals surface area contributed by atoms with Crippen LogP contribution >= 0.6 is 15.9 Å². The quantitative estimate of drug-likeness (QED) is 0.403. The van der Waals surface area contributed by atoms with Crippen LogP contribution in [0.15, 0.2) is 36.4 Å². The standard InChI is InChI=1S/C6H6.CH3Br.Li.Mg.3H/c1-2-4-6-5-3-1;1-2;;;;;/h1-6H;1H3;;;;;/q;;+1;+2;3*-1. The largest absolute Gasteiger partial charge is 2.00 e. The summed E-state index contributed by atoms with van der Waals surface area (Å²) in [6.07, 6.45) is 0. The van der Waals surface area contributed by atoms with Crippen molar-refractivity contribution in [2.24, 2.45) is 0 Å². The van der Waals surface area contributed by atoms with Gasteiger partial charge in [0.25, 0.3) is 0 Å². The van der Waals surface area contributed by atoms with Crippen LogP contribution in [-0.4, -0.2) is 28.9 Å². The number of hydrogen-bond donors (Lipinski definition) is 0. The Morgan fingerprint density at radius 2 is 0.900 bits per heavy atom. The van der Waals surface area contributed by atoms with Crippen molar-refractivity contribution in [2.75, 3.05) is 5.83 Å². The first-order valence-electron chi connectivity index (χ1n) is 2.38. The van der Waals surface area contributed by atoms with E-state index < -0.39 is 0 Å². The smallest absolute Gasteiger partial charge is 1.00 e. The van der Waals surface area contributed by atoms with Crippen LogP contribution in [0.2, 0.25) is 0 Å². The second-order valence-corrected chi connectivity index (χ2v) is 1.15. The molecule has 1 aromatic carbocycles. The minimum atomic E-state index is 0. The van der Waals surface area contributed by atoms with Gasteiger partial charge in [-0.3, -0.25) is 0 Å². The molecule has 0 amide bonds. The van der Waals surface area contributed by atoms with E-state index in [0.717, 1.165) is 0 Å². The molecule has 50 valence electrons. The van der Waals surface area contributed by atoms with Gasteiger partial charge in [0, 0.05) is 0 Å². The Hall–Kier alpha value is 1.06. The molecular weight excluding hydrogens is 195 g/mol. The molecule has 0 aliphatic heterocycles. The molecule has 0 nitrogen and oxygen atoms in total. The Bertz CT molecular complexity index is 95.7. The number of hydrogen-bond acceptors (Lipinski definition) is 0. The van der Waals surface area contributed by atoms with Gasteiger partial charge >= 0.3 is 41.9 Å². The van der Waals surface area contributed by atoms with Crippen molar-refractivity contribution in [2.45, 2.75) is 0 Å². The Morgan fingerprint density at radius 3 is 1.00 bits per heavy atom. The van der Waals surface area contributed by atoms with Crippen LogP contribution < -0.4 is 18.9 Å². The zero-order valence-corrected chi connectivity index (χ0v) is 9.55. The van der Waals surface area contributed by atoms with E-state index >= 15 is 0 Å². The van der Waals surface area contributed by atoms with Crippen molar-refractivity contribution in [1.82, 2.24) is 0 Å². The third-order valence-corrected chi connectivity index (χ3v) is 0.667. The third kappa shape index (κ3) is 11.8. The Labute approximate surface area is 104 Å². The van der Waals surface area contributed by atoms with Gasteiger partial charge in [0.05, 0.1) is 0 Å². The van der Waals surface area contributed by atoms with Crippen molar-refractivity contribution in [3.8, 4) is 0 Å². The van der Waals surface area contributed by atoms with Crippen LogP contribution in [0.1, 0.15) is 4.28 Å². The average molecular weight is 207 g/mol. The Morgan fingerprint density at radius 1 is 0.800 bits per heavy atom. The van der Waals surface area contributed by atoms with E-state index in [0.29, 0.717) is 0 Å². The first-order valence-corrected chi connectivity index (χ1v) is 3.96. The van der Waals surface area contributed by atoms with Crippen molar-refractivity contribution >= 4 is 39.0 Å². The van der Waals surface area contributed by atoms with Gasteiger partial charge < -0.3 is 4.28 Å². The maximum absolute atomic E-state index is 2.94. The first kappa shape index (κ1) is 17.2. The molecule has 0 aromatic heterocycles. The Balaban J connectivity index is -0.0000000166. The van der Waals surface area contributed by atoms with Gasteiger partial charge in [0.15, 0.2) is 0 Å². The second kappa shape index (κ2) is 16.6. The molecule has 1 rings (SSSR count). The van der Waals surface area contributed by atoms with Gasteiger partial charge in [-0.15, -0.1) is 0 Å².